The summed E-state index contributed by atoms with van der Waals surface area (Å²) in [5.74, 6) is -7.51. The topological polar surface area (TPSA) is 312 Å². The van der Waals surface area contributed by atoms with Crippen LogP contribution in [0.1, 0.15) is 44.2 Å². The van der Waals surface area contributed by atoms with Crippen molar-refractivity contribution in [3.8, 4) is 0 Å². The lowest BCUT2D eigenvalue weighted by molar-refractivity contribution is -0.145. The number of amides is 7. The van der Waals surface area contributed by atoms with E-state index in [0.29, 0.717) is 10.9 Å². The van der Waals surface area contributed by atoms with E-state index < -0.39 is 128 Å². The van der Waals surface area contributed by atoms with Gasteiger partial charge in [-0.3, -0.25) is 33.6 Å². The number of hydrogen-bond acceptors (Lipinski definition) is 12. The molecule has 2 fully saturated rings. The maximum atomic E-state index is 13.7. The smallest absolute Gasteiger partial charge is 0.268 e. The maximum Gasteiger partial charge on any atom is 0.268 e. The number of benzene rings is 2. The highest BCUT2D eigenvalue weighted by molar-refractivity contribution is 6.05. The largest absolute Gasteiger partial charge is 0.391 e. The molecule has 2 aromatic carbocycles. The second kappa shape index (κ2) is 22.8. The lowest BCUT2D eigenvalue weighted by Gasteiger charge is -2.34. The highest BCUT2D eigenvalue weighted by atomic mass is 16.3. The van der Waals surface area contributed by atoms with Crippen LogP contribution in [0, 0.1) is 5.92 Å². The number of β-amino-alcohol motifs (C(OH)–C–C–N with tert-alkyl or cyclic N) is 1. The number of carbonyl (C=O) groups excluding carboxylic acids is 7. The van der Waals surface area contributed by atoms with Gasteiger partial charge in [-0.15, -0.1) is 0 Å². The number of H-pyrrole nitrogens is 1. The fourth-order valence-corrected chi connectivity index (χ4v) is 7.18. The molecule has 2 saturated heterocycles. The Bertz CT molecular complexity index is 2400. The number of nitrogens with zero attached hydrogens (tertiary/aromatic N) is 1. The summed E-state index contributed by atoms with van der Waals surface area (Å²) in [5.41, 5.74) is 0.246. The molecule has 5 rings (SSSR count). The normalized spacial score (nSPS) is 26.0. The van der Waals surface area contributed by atoms with Crippen LogP contribution in [0.15, 0.2) is 96.4 Å². The Morgan fingerprint density at radius 1 is 0.879 bits per heavy atom. The van der Waals surface area contributed by atoms with E-state index in [1.807, 2.05) is 49.4 Å². The summed E-state index contributed by atoms with van der Waals surface area (Å²) in [5, 5.41) is 71.0. The number of aliphatic hydroxyl groups excluding tert-OH is 4. The molecule has 3 heterocycles. The molecule has 7 amide bonds. The van der Waals surface area contributed by atoms with Gasteiger partial charge in [0, 0.05) is 42.2 Å². The van der Waals surface area contributed by atoms with Gasteiger partial charge in [0.05, 0.1) is 56.6 Å². The minimum absolute atomic E-state index is 0.317. The summed E-state index contributed by atoms with van der Waals surface area (Å²) in [6, 6.07) is 13.1. The van der Waals surface area contributed by atoms with Crippen molar-refractivity contribution in [2.45, 2.75) is 75.3 Å². The molecule has 20 nitrogen and oxygen atoms in total. The van der Waals surface area contributed by atoms with Gasteiger partial charge >= 0.3 is 0 Å². The summed E-state index contributed by atoms with van der Waals surface area (Å²) in [7, 11) is 1.21. The predicted molar refractivity (Wildman–Crippen MR) is 240 cm³/mol. The molecule has 12 N–H and O–H groups in total. The first-order valence-electron chi connectivity index (χ1n) is 21.1. The Balaban J connectivity index is 1.37. The predicted octanol–water partition coefficient (Wildman–Crippen LogP) is -1.42. The average Bonchev–Trinajstić information content (AvgIpc) is 3.82. The molecule has 8 atom stereocenters. The van der Waals surface area contributed by atoms with Gasteiger partial charge < -0.3 is 67.3 Å². The van der Waals surface area contributed by atoms with Crippen LogP contribution in [0.3, 0.4) is 0 Å². The van der Waals surface area contributed by atoms with E-state index in [2.05, 4.69) is 36.9 Å². The molecule has 2 aliphatic rings. The van der Waals surface area contributed by atoms with Crippen molar-refractivity contribution in [2.75, 3.05) is 26.7 Å². The molecule has 0 spiro atoms. The number of allylic oxidation sites excluding steroid dienone is 4. The number of likely N-dealkylation sites (N-methyl/N-ethyl adjacent to an activating group) is 1. The van der Waals surface area contributed by atoms with Gasteiger partial charge in [0.1, 0.15) is 11.8 Å². The molecule has 20 heteroatoms. The second-order valence-corrected chi connectivity index (χ2v) is 16.3. The van der Waals surface area contributed by atoms with Crippen LogP contribution in [-0.2, 0) is 33.6 Å². The highest BCUT2D eigenvalue weighted by Crippen LogP contribution is 2.24. The van der Waals surface area contributed by atoms with E-state index in [9.17, 15) is 59.1 Å². The molecule has 3 aromatic rings. The van der Waals surface area contributed by atoms with Crippen molar-refractivity contribution >= 4 is 64.4 Å². The van der Waals surface area contributed by atoms with Gasteiger partial charge in [0.15, 0.2) is 11.8 Å². The van der Waals surface area contributed by atoms with Crippen LogP contribution in [0.25, 0.3) is 23.1 Å². The first-order chi connectivity index (χ1) is 31.3. The van der Waals surface area contributed by atoms with Crippen molar-refractivity contribution in [1.29, 1.82) is 0 Å². The highest BCUT2D eigenvalue weighted by Gasteiger charge is 2.49. The summed E-state index contributed by atoms with van der Waals surface area (Å²) in [4.78, 5) is 96.5. The fourth-order valence-electron chi connectivity index (χ4n) is 7.18. The maximum absolute atomic E-state index is 13.7. The van der Waals surface area contributed by atoms with Crippen molar-refractivity contribution < 1.29 is 59.1 Å². The molecule has 352 valence electrons. The van der Waals surface area contributed by atoms with Crippen molar-refractivity contribution in [3.63, 3.8) is 0 Å². The third-order valence-corrected chi connectivity index (χ3v) is 11.0. The van der Waals surface area contributed by atoms with Crippen molar-refractivity contribution in [1.82, 2.24) is 41.8 Å². The standard InChI is InChI=1S/C46H56N8O12/c1-26(16-17-28-12-5-4-6-13-28)10-9-11-27(2)41(61)42(62)40-43(63)45(65)51-34-20-36(57)53-46(34,66)21-39(60)54(3)25-38(59)50-33(18-29-22-47-32-15-8-7-14-31(29)32)44(64)49-24-37(58)48-23-30(55)19-35(56)52-40/h4-18,22,27,30,34,40-43,47,55,61-63,66H,19-21,23-25H2,1-3H3,(H,48,58)(H,49,64)(H,50,59)(H,51,65)(H,52,56)(H,53,57)/b11-9+,17-16+,26-10+,33-18-/t27-,30+,34-,40-,41+,42+,43-,46-/m1/s1. The third kappa shape index (κ3) is 13.8. The molecule has 2 aliphatic heterocycles. The number of nitrogens with one attached hydrogen (secondary N) is 7. The van der Waals surface area contributed by atoms with Crippen molar-refractivity contribution in [3.05, 3.63) is 107 Å². The molecule has 66 heavy (non-hydrogen) atoms. The first kappa shape index (κ1) is 50.0. The second-order valence-electron chi connectivity index (χ2n) is 16.3. The molecule has 0 saturated carbocycles. The number of para-hydroxylation sites is 1. The summed E-state index contributed by atoms with van der Waals surface area (Å²) < 4.78 is 0. The fraction of sp³-hybridized carbons (Fsp3) is 0.370. The summed E-state index contributed by atoms with van der Waals surface area (Å²) in [6.45, 7) is 1.53. The number of aromatic nitrogens is 1. The SMILES string of the molecule is CC(/C=C/c1ccccc1)=C\C=C\[C@@H](C)[C@H](O)[C@@H](O)[C@H]1NC(=O)C[C@H](O)CNC(=O)CNC(=O)/C(=C/c2c[nH]c3ccccc23)NC(=O)CN(C)C(=O)C[C@]2(O)NC(=O)C[C@H]2NC(=O)[C@@H]1O. The van der Waals surface area contributed by atoms with Crippen LogP contribution in [0.5, 0.6) is 0 Å². The zero-order valence-electron chi connectivity index (χ0n) is 36.6. The van der Waals surface area contributed by atoms with E-state index in [-0.39, 0.29) is 5.70 Å². The van der Waals surface area contributed by atoms with Crippen LogP contribution in [0.4, 0.5) is 0 Å². The van der Waals surface area contributed by atoms with Gasteiger partial charge in [-0.1, -0.05) is 91.4 Å². The molecular weight excluding hydrogens is 857 g/mol. The lowest BCUT2D eigenvalue weighted by Crippen LogP contribution is -2.63. The summed E-state index contributed by atoms with van der Waals surface area (Å²) >= 11 is 0. The molecular formula is C46H56N8O12. The number of carbonyl (C=O) groups is 7. The van der Waals surface area contributed by atoms with Gasteiger partial charge in [0.25, 0.3) is 11.8 Å². The Kier molecular flexibility index (Phi) is 17.3. The number of aromatic amines is 1. The van der Waals surface area contributed by atoms with Gasteiger partial charge in [0.2, 0.25) is 29.5 Å². The van der Waals surface area contributed by atoms with Crippen LogP contribution < -0.4 is 31.9 Å². The zero-order chi connectivity index (χ0) is 48.1. The zero-order valence-corrected chi connectivity index (χ0v) is 36.6. The minimum atomic E-state index is -2.47. The Labute approximate surface area is 379 Å². The van der Waals surface area contributed by atoms with Gasteiger partial charge in [-0.2, -0.15) is 0 Å². The molecule has 0 radical (unpaired) electrons. The average molecular weight is 913 g/mol. The lowest BCUT2D eigenvalue weighted by atomic mass is 9.91. The molecule has 1 aromatic heterocycles. The molecule has 0 bridgehead atoms. The first-order valence-corrected chi connectivity index (χ1v) is 21.1. The van der Waals surface area contributed by atoms with E-state index in [0.717, 1.165) is 21.6 Å². The monoisotopic (exact) mass is 912 g/mol. The van der Waals surface area contributed by atoms with E-state index in [1.54, 1.807) is 48.7 Å². The minimum Gasteiger partial charge on any atom is -0.391 e. The number of rotatable bonds is 8. The number of aliphatic hydroxyl groups is 5. The Morgan fingerprint density at radius 2 is 1.59 bits per heavy atom. The molecule has 0 aliphatic carbocycles. The van der Waals surface area contributed by atoms with E-state index in [4.69, 9.17) is 0 Å². The number of fused-ring (bicyclic) bond motifs is 2. The van der Waals surface area contributed by atoms with Crippen LogP contribution in [0.2, 0.25) is 0 Å². The quantitative estimate of drug-likeness (QED) is 0.0917. The van der Waals surface area contributed by atoms with E-state index in [1.165, 1.54) is 20.0 Å². The van der Waals surface area contributed by atoms with Gasteiger partial charge in [-0.25, -0.2) is 0 Å². The Morgan fingerprint density at radius 3 is 2.33 bits per heavy atom. The van der Waals surface area contributed by atoms with Crippen LogP contribution >= 0.6 is 0 Å². The van der Waals surface area contributed by atoms with Gasteiger partial charge in [-0.05, 0) is 24.6 Å². The van der Waals surface area contributed by atoms with E-state index >= 15 is 0 Å². The molecule has 0 unspecified atom stereocenters. The van der Waals surface area contributed by atoms with Crippen LogP contribution in [-0.4, -0.2) is 146 Å². The third-order valence-electron chi connectivity index (χ3n) is 11.0. The number of hydrogen-bond donors (Lipinski definition) is 12. The Hall–Kier alpha value is -6.97. The summed E-state index contributed by atoms with van der Waals surface area (Å²) in [6.07, 6.45) is 1.67. The van der Waals surface area contributed by atoms with Crippen molar-refractivity contribution in [2.24, 2.45) is 5.92 Å².